The monoisotopic (exact) mass is 433 g/mol. The number of amides is 3. The lowest BCUT2D eigenvalue weighted by Gasteiger charge is -2.13. The molecule has 1 aliphatic heterocycles. The number of nitrogens with zero attached hydrogens (tertiary/aromatic N) is 1. The number of hydrogen-bond acceptors (Lipinski definition) is 5. The van der Waals surface area contributed by atoms with Crippen molar-refractivity contribution in [1.29, 1.82) is 0 Å². The number of imide groups is 1. The lowest BCUT2D eigenvalue weighted by Crippen LogP contribution is -2.33. The molecule has 0 unspecified atom stereocenters. The predicted molar refractivity (Wildman–Crippen MR) is 107 cm³/mol. The molecule has 30 heavy (non-hydrogen) atoms. The molecule has 3 rings (SSSR count). The van der Waals surface area contributed by atoms with Gasteiger partial charge in [0.1, 0.15) is 5.82 Å². The third-order valence-corrected chi connectivity index (χ3v) is 5.92. The minimum atomic E-state index is -3.87. The summed E-state index contributed by atoms with van der Waals surface area (Å²) in [5.41, 5.74) is 0.579. The van der Waals surface area contributed by atoms with E-state index in [0.717, 1.165) is 24.3 Å². The second kappa shape index (κ2) is 9.04. The summed E-state index contributed by atoms with van der Waals surface area (Å²) in [5.74, 6) is -1.28. The van der Waals surface area contributed by atoms with E-state index in [0.29, 0.717) is 12.0 Å². The van der Waals surface area contributed by atoms with Crippen molar-refractivity contribution in [1.82, 2.24) is 10.2 Å². The summed E-state index contributed by atoms with van der Waals surface area (Å²) in [4.78, 5) is 36.4. The van der Waals surface area contributed by atoms with Gasteiger partial charge < -0.3 is 5.32 Å². The summed E-state index contributed by atoms with van der Waals surface area (Å²) in [6.45, 7) is 0.552. The first kappa shape index (κ1) is 21.4. The van der Waals surface area contributed by atoms with E-state index in [1.807, 2.05) is 0 Å². The van der Waals surface area contributed by atoms with Crippen LogP contribution >= 0.6 is 0 Å². The molecule has 1 heterocycles. The van der Waals surface area contributed by atoms with Gasteiger partial charge in [-0.05, 0) is 55.0 Å². The van der Waals surface area contributed by atoms with Crippen LogP contribution in [0.4, 0.5) is 10.1 Å². The van der Waals surface area contributed by atoms with Gasteiger partial charge in [0.15, 0.2) is 0 Å². The molecule has 0 spiro atoms. The van der Waals surface area contributed by atoms with Crippen LogP contribution in [-0.2, 0) is 19.6 Å². The second-order valence-electron chi connectivity index (χ2n) is 6.69. The Morgan fingerprint density at radius 1 is 0.967 bits per heavy atom. The fourth-order valence-corrected chi connectivity index (χ4v) is 3.99. The SMILES string of the molecule is O=C(NCCCN1C(=O)CCC1=O)c1ccc(NS(=O)(=O)c2ccc(F)cc2)cc1. The zero-order valence-electron chi connectivity index (χ0n) is 15.9. The van der Waals surface area contributed by atoms with Crippen molar-refractivity contribution in [2.75, 3.05) is 17.8 Å². The molecule has 1 saturated heterocycles. The number of carbonyl (C=O) groups excluding carboxylic acids is 3. The fraction of sp³-hybridized carbons (Fsp3) is 0.250. The Hall–Kier alpha value is -3.27. The summed E-state index contributed by atoms with van der Waals surface area (Å²) >= 11 is 0. The molecule has 0 atom stereocenters. The van der Waals surface area contributed by atoms with Crippen molar-refractivity contribution in [3.63, 3.8) is 0 Å². The summed E-state index contributed by atoms with van der Waals surface area (Å²) in [6, 6.07) is 10.2. The van der Waals surface area contributed by atoms with Crippen molar-refractivity contribution in [3.05, 3.63) is 59.9 Å². The van der Waals surface area contributed by atoms with Gasteiger partial charge in [0, 0.05) is 37.2 Å². The number of carbonyl (C=O) groups is 3. The summed E-state index contributed by atoms with van der Waals surface area (Å²) < 4.78 is 39.9. The van der Waals surface area contributed by atoms with Gasteiger partial charge in [-0.3, -0.25) is 24.0 Å². The first-order chi connectivity index (χ1) is 14.3. The number of anilines is 1. The number of rotatable bonds is 8. The smallest absolute Gasteiger partial charge is 0.261 e. The van der Waals surface area contributed by atoms with Crippen LogP contribution < -0.4 is 10.0 Å². The summed E-state index contributed by atoms with van der Waals surface area (Å²) in [7, 11) is -3.87. The molecule has 8 nitrogen and oxygen atoms in total. The third kappa shape index (κ3) is 5.20. The van der Waals surface area contributed by atoms with E-state index >= 15 is 0 Å². The molecule has 2 N–H and O–H groups in total. The van der Waals surface area contributed by atoms with E-state index < -0.39 is 15.8 Å². The molecular formula is C20H20FN3O5S. The first-order valence-electron chi connectivity index (χ1n) is 9.26. The van der Waals surface area contributed by atoms with E-state index in [-0.39, 0.29) is 54.2 Å². The molecule has 0 aliphatic carbocycles. The lowest BCUT2D eigenvalue weighted by molar-refractivity contribution is -0.138. The van der Waals surface area contributed by atoms with Crippen LogP contribution in [0.2, 0.25) is 0 Å². The Labute approximate surface area is 173 Å². The maximum absolute atomic E-state index is 13.0. The minimum Gasteiger partial charge on any atom is -0.352 e. The van der Waals surface area contributed by atoms with Crippen molar-refractivity contribution < 1.29 is 27.2 Å². The van der Waals surface area contributed by atoms with E-state index in [2.05, 4.69) is 10.0 Å². The largest absolute Gasteiger partial charge is 0.352 e. The molecule has 3 amide bonds. The van der Waals surface area contributed by atoms with Crippen LogP contribution in [0.5, 0.6) is 0 Å². The van der Waals surface area contributed by atoms with Gasteiger partial charge in [0.25, 0.3) is 15.9 Å². The van der Waals surface area contributed by atoms with Crippen LogP contribution in [-0.4, -0.2) is 44.1 Å². The molecule has 158 valence electrons. The van der Waals surface area contributed by atoms with Gasteiger partial charge in [-0.1, -0.05) is 0 Å². The Balaban J connectivity index is 1.51. The predicted octanol–water partition coefficient (Wildman–Crippen LogP) is 1.90. The third-order valence-electron chi connectivity index (χ3n) is 4.52. The number of hydrogen-bond donors (Lipinski definition) is 2. The Kier molecular flexibility index (Phi) is 6.46. The molecule has 2 aromatic rings. The van der Waals surface area contributed by atoms with E-state index in [9.17, 15) is 27.2 Å². The molecule has 1 fully saturated rings. The van der Waals surface area contributed by atoms with Crippen LogP contribution in [0.1, 0.15) is 29.6 Å². The van der Waals surface area contributed by atoms with Crippen molar-refractivity contribution in [3.8, 4) is 0 Å². The fourth-order valence-electron chi connectivity index (χ4n) is 2.93. The maximum Gasteiger partial charge on any atom is 0.261 e. The highest BCUT2D eigenvalue weighted by Gasteiger charge is 2.27. The van der Waals surface area contributed by atoms with Crippen LogP contribution in [0.25, 0.3) is 0 Å². The van der Waals surface area contributed by atoms with Crippen molar-refractivity contribution in [2.24, 2.45) is 0 Å². The zero-order valence-corrected chi connectivity index (χ0v) is 16.7. The number of halogens is 1. The molecule has 0 bridgehead atoms. The summed E-state index contributed by atoms with van der Waals surface area (Å²) in [6.07, 6.45) is 0.920. The molecule has 0 radical (unpaired) electrons. The Bertz CT molecular complexity index is 1040. The lowest BCUT2D eigenvalue weighted by atomic mass is 10.2. The average molecular weight is 433 g/mol. The number of nitrogens with one attached hydrogen (secondary N) is 2. The number of benzene rings is 2. The van der Waals surface area contributed by atoms with E-state index in [4.69, 9.17) is 0 Å². The van der Waals surface area contributed by atoms with Gasteiger partial charge >= 0.3 is 0 Å². The van der Waals surface area contributed by atoms with Gasteiger partial charge in [0.2, 0.25) is 11.8 Å². The molecule has 2 aromatic carbocycles. The maximum atomic E-state index is 13.0. The molecule has 1 aliphatic rings. The minimum absolute atomic E-state index is 0.0827. The highest BCUT2D eigenvalue weighted by Crippen LogP contribution is 2.17. The Morgan fingerprint density at radius 2 is 1.57 bits per heavy atom. The standard InChI is InChI=1S/C20H20FN3O5S/c21-15-4-8-17(9-5-15)30(28,29)23-16-6-2-14(3-7-16)20(27)22-12-1-13-24-18(25)10-11-19(24)26/h2-9,23H,1,10-13H2,(H,22,27). The van der Waals surface area contributed by atoms with Crippen molar-refractivity contribution in [2.45, 2.75) is 24.2 Å². The van der Waals surface area contributed by atoms with Gasteiger partial charge in [-0.25, -0.2) is 12.8 Å². The first-order valence-corrected chi connectivity index (χ1v) is 10.7. The van der Waals surface area contributed by atoms with E-state index in [1.54, 1.807) is 0 Å². The van der Waals surface area contributed by atoms with Gasteiger partial charge in [0.05, 0.1) is 4.90 Å². The molecular weight excluding hydrogens is 413 g/mol. The quantitative estimate of drug-likeness (QED) is 0.488. The van der Waals surface area contributed by atoms with Gasteiger partial charge in [-0.2, -0.15) is 0 Å². The number of likely N-dealkylation sites (tertiary alicyclic amines) is 1. The highest BCUT2D eigenvalue weighted by molar-refractivity contribution is 7.92. The Morgan fingerprint density at radius 3 is 2.17 bits per heavy atom. The summed E-state index contributed by atoms with van der Waals surface area (Å²) in [5, 5.41) is 2.69. The van der Waals surface area contributed by atoms with Gasteiger partial charge in [-0.15, -0.1) is 0 Å². The van der Waals surface area contributed by atoms with Crippen LogP contribution in [0.15, 0.2) is 53.4 Å². The average Bonchev–Trinajstić information content (AvgIpc) is 3.03. The normalized spacial score (nSPS) is 14.1. The highest BCUT2D eigenvalue weighted by atomic mass is 32.2. The second-order valence-corrected chi connectivity index (χ2v) is 8.37. The van der Waals surface area contributed by atoms with E-state index in [1.165, 1.54) is 29.2 Å². The zero-order chi connectivity index (χ0) is 21.7. The number of sulfonamides is 1. The molecule has 0 aromatic heterocycles. The topological polar surface area (TPSA) is 113 Å². The van der Waals surface area contributed by atoms with Crippen LogP contribution in [0, 0.1) is 5.82 Å². The van der Waals surface area contributed by atoms with Crippen LogP contribution in [0.3, 0.4) is 0 Å². The van der Waals surface area contributed by atoms with Crippen molar-refractivity contribution >= 4 is 33.4 Å². The molecule has 10 heteroatoms. The molecule has 0 saturated carbocycles.